The molecule has 0 amide bonds. The Morgan fingerprint density at radius 3 is 2.50 bits per heavy atom. The number of hydrogen-bond donors (Lipinski definition) is 3. The summed E-state index contributed by atoms with van der Waals surface area (Å²) in [5.41, 5.74) is 0. The van der Waals surface area contributed by atoms with Crippen molar-refractivity contribution in [1.82, 2.24) is 0 Å². The van der Waals surface area contributed by atoms with E-state index < -0.39 is 18.4 Å². The Kier molecular flexibility index (Phi) is 5.61. The number of carboxylic acids is 1. The van der Waals surface area contributed by atoms with Crippen LogP contribution in [0.4, 0.5) is 0 Å². The van der Waals surface area contributed by atoms with E-state index in [9.17, 15) is 4.79 Å². The number of hydrogen-bond acceptors (Lipinski definition) is 4. The van der Waals surface area contributed by atoms with Gasteiger partial charge in [0.15, 0.2) is 6.29 Å². The molecule has 0 heterocycles. The van der Waals surface area contributed by atoms with Crippen molar-refractivity contribution >= 4 is 5.97 Å². The standard InChI is InChI=1S/C7H14O5/c1-2-12-7(11)4-5(8)3-6(9)10/h5,7-8,11H,2-4H2,1H3,(H,9,10)/t5-,7?/m0/s1. The molecule has 0 fully saturated rings. The SMILES string of the molecule is CCOC(O)C[C@@H](O)CC(=O)O. The highest BCUT2D eigenvalue weighted by molar-refractivity contribution is 5.67. The first kappa shape index (κ1) is 11.4. The van der Waals surface area contributed by atoms with Gasteiger partial charge in [0, 0.05) is 13.0 Å². The van der Waals surface area contributed by atoms with Gasteiger partial charge in [0.1, 0.15) is 0 Å². The maximum Gasteiger partial charge on any atom is 0.305 e. The molecule has 0 radical (unpaired) electrons. The van der Waals surface area contributed by atoms with Gasteiger partial charge >= 0.3 is 5.97 Å². The van der Waals surface area contributed by atoms with Gasteiger partial charge in [-0.15, -0.1) is 0 Å². The summed E-state index contributed by atoms with van der Waals surface area (Å²) in [7, 11) is 0. The van der Waals surface area contributed by atoms with E-state index >= 15 is 0 Å². The molecule has 0 aliphatic carbocycles. The lowest BCUT2D eigenvalue weighted by Gasteiger charge is -2.13. The number of ether oxygens (including phenoxy) is 1. The third kappa shape index (κ3) is 6.09. The fourth-order valence-corrected chi connectivity index (χ4v) is 0.778. The van der Waals surface area contributed by atoms with Crippen LogP contribution in [0.3, 0.4) is 0 Å². The lowest BCUT2D eigenvalue weighted by molar-refractivity contribution is -0.143. The van der Waals surface area contributed by atoms with E-state index in [0.29, 0.717) is 6.61 Å². The number of rotatable bonds is 6. The van der Waals surface area contributed by atoms with Gasteiger partial charge in [0.25, 0.3) is 0 Å². The van der Waals surface area contributed by atoms with Crippen molar-refractivity contribution in [2.75, 3.05) is 6.61 Å². The van der Waals surface area contributed by atoms with Crippen LogP contribution in [0.2, 0.25) is 0 Å². The van der Waals surface area contributed by atoms with E-state index in [1.54, 1.807) is 6.92 Å². The molecule has 1 unspecified atom stereocenters. The Balaban J connectivity index is 3.53. The van der Waals surface area contributed by atoms with Gasteiger partial charge in [0.05, 0.1) is 12.5 Å². The number of aliphatic hydroxyl groups excluding tert-OH is 2. The van der Waals surface area contributed by atoms with E-state index in [4.69, 9.17) is 20.1 Å². The van der Waals surface area contributed by atoms with Crippen LogP contribution in [0.1, 0.15) is 19.8 Å². The van der Waals surface area contributed by atoms with Crippen molar-refractivity contribution in [3.63, 3.8) is 0 Å². The van der Waals surface area contributed by atoms with Crippen molar-refractivity contribution in [3.8, 4) is 0 Å². The van der Waals surface area contributed by atoms with Crippen molar-refractivity contribution in [2.24, 2.45) is 0 Å². The molecule has 0 rings (SSSR count). The molecule has 0 bridgehead atoms. The fourth-order valence-electron chi connectivity index (χ4n) is 0.778. The van der Waals surface area contributed by atoms with Gasteiger partial charge in [0.2, 0.25) is 0 Å². The van der Waals surface area contributed by atoms with Crippen LogP contribution in [0.15, 0.2) is 0 Å². The average molecular weight is 178 g/mol. The molecule has 0 saturated heterocycles. The third-order valence-electron chi connectivity index (χ3n) is 1.24. The number of aliphatic carboxylic acids is 1. The Labute approximate surface area is 70.6 Å². The minimum absolute atomic E-state index is 0.0693. The van der Waals surface area contributed by atoms with Crippen molar-refractivity contribution in [1.29, 1.82) is 0 Å². The van der Waals surface area contributed by atoms with Crippen LogP contribution in [-0.2, 0) is 9.53 Å². The summed E-state index contributed by atoms with van der Waals surface area (Å²) >= 11 is 0. The maximum absolute atomic E-state index is 10.1. The zero-order chi connectivity index (χ0) is 9.56. The average Bonchev–Trinajstić information content (AvgIpc) is 1.84. The third-order valence-corrected chi connectivity index (χ3v) is 1.24. The van der Waals surface area contributed by atoms with E-state index in [1.807, 2.05) is 0 Å². The molecule has 5 nitrogen and oxygen atoms in total. The highest BCUT2D eigenvalue weighted by Gasteiger charge is 2.14. The Morgan fingerprint density at radius 1 is 1.50 bits per heavy atom. The molecular weight excluding hydrogens is 164 g/mol. The molecule has 2 atom stereocenters. The summed E-state index contributed by atoms with van der Waals surface area (Å²) in [5, 5.41) is 26.2. The predicted molar refractivity (Wildman–Crippen MR) is 40.5 cm³/mol. The normalized spacial score (nSPS) is 15.6. The van der Waals surface area contributed by atoms with Crippen molar-refractivity contribution in [3.05, 3.63) is 0 Å². The van der Waals surface area contributed by atoms with Crippen LogP contribution in [0.5, 0.6) is 0 Å². The number of carbonyl (C=O) groups is 1. The second kappa shape index (κ2) is 5.93. The largest absolute Gasteiger partial charge is 0.481 e. The van der Waals surface area contributed by atoms with Gasteiger partial charge < -0.3 is 20.1 Å². The summed E-state index contributed by atoms with van der Waals surface area (Å²) in [6, 6.07) is 0. The minimum atomic E-state index is -1.09. The zero-order valence-corrected chi connectivity index (χ0v) is 6.93. The van der Waals surface area contributed by atoms with E-state index in [2.05, 4.69) is 0 Å². The second-order valence-corrected chi connectivity index (χ2v) is 2.40. The molecule has 3 N–H and O–H groups in total. The van der Waals surface area contributed by atoms with Gasteiger partial charge in [-0.2, -0.15) is 0 Å². The number of aliphatic hydroxyl groups is 2. The van der Waals surface area contributed by atoms with Gasteiger partial charge in [-0.3, -0.25) is 4.79 Å². The molecule has 0 aliphatic heterocycles. The molecule has 0 aromatic heterocycles. The highest BCUT2D eigenvalue weighted by Crippen LogP contribution is 2.03. The first-order valence-electron chi connectivity index (χ1n) is 3.75. The molecule has 0 spiro atoms. The van der Waals surface area contributed by atoms with E-state index in [0.717, 1.165) is 0 Å². The van der Waals surface area contributed by atoms with Crippen LogP contribution >= 0.6 is 0 Å². The maximum atomic E-state index is 10.1. The van der Waals surface area contributed by atoms with Crippen molar-refractivity contribution < 1.29 is 24.9 Å². The quantitative estimate of drug-likeness (QED) is 0.480. The zero-order valence-electron chi connectivity index (χ0n) is 6.93. The highest BCUT2D eigenvalue weighted by atomic mass is 16.6. The molecule has 5 heteroatoms. The molecule has 12 heavy (non-hydrogen) atoms. The minimum Gasteiger partial charge on any atom is -0.481 e. The summed E-state index contributed by atoms with van der Waals surface area (Å²) in [4.78, 5) is 10.1. The molecule has 0 aromatic carbocycles. The fraction of sp³-hybridized carbons (Fsp3) is 0.857. The molecule has 72 valence electrons. The van der Waals surface area contributed by atoms with E-state index in [-0.39, 0.29) is 12.8 Å². The Hall–Kier alpha value is -0.650. The summed E-state index contributed by atoms with van der Waals surface area (Å²) in [5.74, 6) is -1.09. The monoisotopic (exact) mass is 178 g/mol. The van der Waals surface area contributed by atoms with Crippen LogP contribution in [-0.4, -0.2) is 40.3 Å². The summed E-state index contributed by atoms with van der Waals surface area (Å²) < 4.78 is 4.70. The van der Waals surface area contributed by atoms with Crippen LogP contribution < -0.4 is 0 Å². The lowest BCUT2D eigenvalue weighted by Crippen LogP contribution is -2.22. The Bertz CT molecular complexity index is 136. The topological polar surface area (TPSA) is 87.0 Å². The molecule has 0 saturated carbocycles. The van der Waals surface area contributed by atoms with Crippen LogP contribution in [0, 0.1) is 0 Å². The predicted octanol–water partition coefficient (Wildman–Crippen LogP) is -0.433. The van der Waals surface area contributed by atoms with E-state index in [1.165, 1.54) is 0 Å². The second-order valence-electron chi connectivity index (χ2n) is 2.40. The lowest BCUT2D eigenvalue weighted by atomic mass is 10.2. The smallest absolute Gasteiger partial charge is 0.305 e. The molecule has 0 aliphatic rings. The first-order chi connectivity index (χ1) is 5.56. The van der Waals surface area contributed by atoms with Crippen LogP contribution in [0.25, 0.3) is 0 Å². The summed E-state index contributed by atoms with van der Waals surface area (Å²) in [6.07, 6.45) is -2.57. The number of carboxylic acid groups (broad SMARTS) is 1. The van der Waals surface area contributed by atoms with Gasteiger partial charge in [-0.05, 0) is 6.92 Å². The summed E-state index contributed by atoms with van der Waals surface area (Å²) in [6.45, 7) is 2.04. The molecule has 0 aromatic rings. The van der Waals surface area contributed by atoms with Crippen molar-refractivity contribution in [2.45, 2.75) is 32.2 Å². The Morgan fingerprint density at radius 2 is 2.08 bits per heavy atom. The first-order valence-corrected chi connectivity index (χ1v) is 3.75. The van der Waals surface area contributed by atoms with Gasteiger partial charge in [-0.25, -0.2) is 0 Å². The van der Waals surface area contributed by atoms with Gasteiger partial charge in [-0.1, -0.05) is 0 Å². The molecular formula is C7H14O5.